The average Bonchev–Trinajstić information content (AvgIpc) is 0. The van der Waals surface area contributed by atoms with Crippen molar-refractivity contribution in [3.8, 4) is 0 Å². The van der Waals surface area contributed by atoms with E-state index in [9.17, 15) is 0 Å². The first kappa shape index (κ1) is 395. The van der Waals surface area contributed by atoms with Crippen molar-refractivity contribution < 1.29 is 99.5 Å². The number of hydrogen-bond donors (Lipinski definition) is 1. The number of rotatable bonds is 0. The summed E-state index contributed by atoms with van der Waals surface area (Å²) in [5.41, 5.74) is 0. The van der Waals surface area contributed by atoms with Crippen molar-refractivity contribution in [2.75, 3.05) is 0 Å². The molecule has 0 amide bonds. The van der Waals surface area contributed by atoms with Crippen LogP contribution >= 0.6 is 0 Å². The van der Waals surface area contributed by atoms with Crippen molar-refractivity contribution in [3.05, 3.63) is 0 Å². The normalized spacial score (nSPS) is 0. The zero-order chi connectivity index (χ0) is 0. The van der Waals surface area contributed by atoms with Crippen LogP contribution in [-0.2, 0) is 70.0 Å². The molecule has 0 aromatic carbocycles. The van der Waals surface area contributed by atoms with Crippen molar-refractivity contribution >= 4 is 0 Å². The largest absolute Gasteiger partial charge is 2.00 e. The summed E-state index contributed by atoms with van der Waals surface area (Å²) >= 11 is 0. The third kappa shape index (κ3) is 219. The van der Waals surface area contributed by atoms with Gasteiger partial charge in [-0.1, -0.05) is 0 Å². The maximum atomic E-state index is 0. The quantitative estimate of drug-likeness (QED) is 0.417. The number of hydrogen-bond acceptors (Lipinski definition) is 1. The maximum Gasteiger partial charge on any atom is 1.00 e. The molecule has 0 atom stereocenters. The van der Waals surface area contributed by atoms with Gasteiger partial charge in [-0.25, -0.2) is 0 Å². The zero-order valence-corrected chi connectivity index (χ0v) is 9.84. The molecule has 0 spiro atoms. The standard InChI is InChI=1S/H3N.Na.6O.2V/h1H3;;;;;;;;;/q;+1;6*-2;;. The summed E-state index contributed by atoms with van der Waals surface area (Å²) in [5.74, 6) is 0. The Hall–Kier alpha value is 1.89. The minimum atomic E-state index is 0. The van der Waals surface area contributed by atoms with Crippen molar-refractivity contribution in [2.24, 2.45) is 0 Å². The molecule has 0 rings (SSSR count). The van der Waals surface area contributed by atoms with Crippen LogP contribution in [0.3, 0.4) is 0 Å². The molecule has 0 aromatic heterocycles. The molecule has 10 heavy (non-hydrogen) atoms. The molecule has 66 valence electrons. The van der Waals surface area contributed by atoms with Gasteiger partial charge in [0.25, 0.3) is 0 Å². The van der Waals surface area contributed by atoms with E-state index in [2.05, 4.69) is 0 Å². The van der Waals surface area contributed by atoms with Crippen LogP contribution in [-0.4, -0.2) is 0 Å². The molecule has 0 aliphatic rings. The van der Waals surface area contributed by atoms with E-state index in [1.165, 1.54) is 0 Å². The van der Waals surface area contributed by atoms with E-state index >= 15 is 0 Å². The molecule has 7 nitrogen and oxygen atoms in total. The predicted molar refractivity (Wildman–Crippen MR) is 9.14 cm³/mol. The Balaban J connectivity index is 0. The van der Waals surface area contributed by atoms with Crippen molar-refractivity contribution in [1.82, 2.24) is 6.15 Å². The summed E-state index contributed by atoms with van der Waals surface area (Å²) in [6.45, 7) is 0. The molecule has 2 radical (unpaired) electrons. The van der Waals surface area contributed by atoms with Gasteiger partial charge in [0.05, 0.1) is 0 Å². The Morgan fingerprint density at radius 2 is 0.400 bits per heavy atom. The minimum absolute atomic E-state index is 0. The Labute approximate surface area is 105 Å². The third-order valence-electron chi connectivity index (χ3n) is 0. The van der Waals surface area contributed by atoms with Crippen LogP contribution < -0.4 is 35.7 Å². The molecule has 0 saturated carbocycles. The van der Waals surface area contributed by atoms with Gasteiger partial charge in [0.15, 0.2) is 0 Å². The van der Waals surface area contributed by atoms with Gasteiger partial charge < -0.3 is 39.0 Å². The monoisotopic (exact) mass is 238 g/mol. The van der Waals surface area contributed by atoms with E-state index in [1.54, 1.807) is 0 Å². The first-order chi connectivity index (χ1) is 0. The molecule has 0 bridgehead atoms. The summed E-state index contributed by atoms with van der Waals surface area (Å²) in [6.07, 6.45) is 0. The third-order valence-corrected chi connectivity index (χ3v) is 0. The smallest absolute Gasteiger partial charge is 1.00 e. The second-order valence-corrected chi connectivity index (χ2v) is 0. The second kappa shape index (κ2) is 298. The molecule has 0 heterocycles. The van der Waals surface area contributed by atoms with Crippen molar-refractivity contribution in [2.45, 2.75) is 0 Å². The Morgan fingerprint density at radius 1 is 0.400 bits per heavy atom. The summed E-state index contributed by atoms with van der Waals surface area (Å²) in [5, 5.41) is 0. The van der Waals surface area contributed by atoms with Crippen LogP contribution in [0, 0.1) is 0 Å². The van der Waals surface area contributed by atoms with Crippen LogP contribution in [0.15, 0.2) is 0 Å². The minimum Gasteiger partial charge on any atom is -2.00 e. The average molecular weight is 238 g/mol. The topological polar surface area (TPSA) is 206 Å². The summed E-state index contributed by atoms with van der Waals surface area (Å²) in [7, 11) is 0. The predicted octanol–water partition coefficient (Wildman–Crippen LogP) is -3.55. The molecule has 0 fully saturated rings. The summed E-state index contributed by atoms with van der Waals surface area (Å²) in [6, 6.07) is 0. The fourth-order valence-electron chi connectivity index (χ4n) is 0. The second-order valence-electron chi connectivity index (χ2n) is 0. The van der Waals surface area contributed by atoms with E-state index in [0.29, 0.717) is 0 Å². The molecule has 0 aromatic rings. The summed E-state index contributed by atoms with van der Waals surface area (Å²) < 4.78 is 0. The zero-order valence-electron chi connectivity index (χ0n) is 5.05. The molecule has 10 heteroatoms. The van der Waals surface area contributed by atoms with Crippen molar-refractivity contribution in [3.63, 3.8) is 0 Å². The molecular formula is H3NNaO6V2-11. The van der Waals surface area contributed by atoms with Gasteiger partial charge in [-0.05, 0) is 0 Å². The molecular weight excluding hydrogens is 235 g/mol. The van der Waals surface area contributed by atoms with E-state index in [1.807, 2.05) is 0 Å². The van der Waals surface area contributed by atoms with Gasteiger partial charge in [0, 0.05) is 37.1 Å². The first-order valence-corrected chi connectivity index (χ1v) is 0. The van der Waals surface area contributed by atoms with Gasteiger partial charge in [-0.15, -0.1) is 0 Å². The maximum absolute atomic E-state index is 0. The Bertz CT molecular complexity index is 15.7. The molecule has 3 N–H and O–H groups in total. The van der Waals surface area contributed by atoms with Crippen molar-refractivity contribution in [1.29, 1.82) is 0 Å². The van der Waals surface area contributed by atoms with Gasteiger partial charge in [-0.2, -0.15) is 0 Å². The van der Waals surface area contributed by atoms with Gasteiger partial charge in [0.2, 0.25) is 0 Å². The van der Waals surface area contributed by atoms with Crippen LogP contribution in [0.1, 0.15) is 0 Å². The molecule has 0 unspecified atom stereocenters. The van der Waals surface area contributed by atoms with E-state index < -0.39 is 0 Å². The first-order valence-electron chi connectivity index (χ1n) is 0. The Morgan fingerprint density at radius 3 is 0.400 bits per heavy atom. The molecule has 0 aliphatic heterocycles. The van der Waals surface area contributed by atoms with Crippen LogP contribution in [0.25, 0.3) is 0 Å². The van der Waals surface area contributed by atoms with Crippen LogP contribution in [0.4, 0.5) is 0 Å². The van der Waals surface area contributed by atoms with Crippen LogP contribution in [0.2, 0.25) is 0 Å². The summed E-state index contributed by atoms with van der Waals surface area (Å²) in [4.78, 5) is 0. The van der Waals surface area contributed by atoms with E-state index in [-0.39, 0.29) is 106 Å². The van der Waals surface area contributed by atoms with E-state index in [4.69, 9.17) is 0 Å². The molecule has 0 aliphatic carbocycles. The van der Waals surface area contributed by atoms with E-state index in [0.717, 1.165) is 0 Å². The Kier molecular flexibility index (Phi) is 11800. The van der Waals surface area contributed by atoms with Crippen LogP contribution in [0.5, 0.6) is 0 Å². The van der Waals surface area contributed by atoms with Gasteiger partial charge >= 0.3 is 29.6 Å². The fourth-order valence-corrected chi connectivity index (χ4v) is 0. The SMILES string of the molecule is N.[Na+].[O-2].[O-2].[O-2].[O-2].[O-2].[O-2].[V].[V]. The fraction of sp³-hybridized carbons (Fsp3) is 0. The molecule has 0 saturated heterocycles. The van der Waals surface area contributed by atoms with Gasteiger partial charge in [-0.3, -0.25) is 0 Å². The van der Waals surface area contributed by atoms with Gasteiger partial charge in [0.1, 0.15) is 0 Å².